The number of carbonyl (C=O) groups excluding carboxylic acids is 1. The largest absolute Gasteiger partial charge is 0.488 e. The highest BCUT2D eigenvalue weighted by Crippen LogP contribution is 2.31. The van der Waals surface area contributed by atoms with Crippen LogP contribution in [0.15, 0.2) is 40.8 Å². The number of hydrogen-bond donors (Lipinski definition) is 0. The first-order valence-corrected chi connectivity index (χ1v) is 6.04. The molecule has 0 radical (unpaired) electrons. The van der Waals surface area contributed by atoms with Crippen LogP contribution in [-0.4, -0.2) is 26.1 Å². The molecule has 100 valence electrons. The molecule has 4 heteroatoms. The van der Waals surface area contributed by atoms with E-state index >= 15 is 0 Å². The van der Waals surface area contributed by atoms with Crippen LogP contribution in [0, 0.1) is 0 Å². The fourth-order valence-electron chi connectivity index (χ4n) is 1.82. The van der Waals surface area contributed by atoms with E-state index in [-0.39, 0.29) is 6.10 Å². The van der Waals surface area contributed by atoms with Gasteiger partial charge in [0.25, 0.3) is 0 Å². The van der Waals surface area contributed by atoms with Gasteiger partial charge < -0.3 is 13.9 Å². The number of benzene rings is 1. The Hall–Kier alpha value is -2.07. The van der Waals surface area contributed by atoms with Crippen molar-refractivity contribution in [1.29, 1.82) is 0 Å². The standard InChI is InChI=1S/C15H16O4/c1-11(10-17-2)18-14-6-4-3-5-13(14)15-8-7-12(9-16)19-15/h3-9,11H,10H2,1-2H3. The molecule has 1 heterocycles. The number of aldehydes is 1. The van der Waals surface area contributed by atoms with E-state index < -0.39 is 0 Å². The Kier molecular flexibility index (Phi) is 4.36. The second kappa shape index (κ2) is 6.20. The Bertz CT molecular complexity index is 545. The van der Waals surface area contributed by atoms with Gasteiger partial charge in [0.1, 0.15) is 17.6 Å². The number of para-hydroxylation sites is 1. The molecule has 1 unspecified atom stereocenters. The van der Waals surface area contributed by atoms with Gasteiger partial charge in [0, 0.05) is 7.11 Å². The van der Waals surface area contributed by atoms with Crippen LogP contribution in [-0.2, 0) is 4.74 Å². The van der Waals surface area contributed by atoms with E-state index in [1.165, 1.54) is 0 Å². The molecule has 0 spiro atoms. The van der Waals surface area contributed by atoms with Crippen LogP contribution < -0.4 is 4.74 Å². The van der Waals surface area contributed by atoms with Gasteiger partial charge in [-0.25, -0.2) is 0 Å². The molecular formula is C15H16O4. The van der Waals surface area contributed by atoms with E-state index in [4.69, 9.17) is 13.9 Å². The third-order valence-electron chi connectivity index (χ3n) is 2.62. The molecular weight excluding hydrogens is 244 g/mol. The average molecular weight is 260 g/mol. The maximum Gasteiger partial charge on any atom is 0.185 e. The quantitative estimate of drug-likeness (QED) is 0.748. The molecule has 2 aromatic rings. The first kappa shape index (κ1) is 13.4. The van der Waals surface area contributed by atoms with Crippen molar-refractivity contribution in [2.75, 3.05) is 13.7 Å². The molecule has 1 aromatic carbocycles. The van der Waals surface area contributed by atoms with Gasteiger partial charge in [-0.3, -0.25) is 4.79 Å². The van der Waals surface area contributed by atoms with Crippen LogP contribution >= 0.6 is 0 Å². The van der Waals surface area contributed by atoms with Crippen molar-refractivity contribution in [2.45, 2.75) is 13.0 Å². The van der Waals surface area contributed by atoms with Gasteiger partial charge in [0.2, 0.25) is 0 Å². The fraction of sp³-hybridized carbons (Fsp3) is 0.267. The van der Waals surface area contributed by atoms with E-state index in [2.05, 4.69) is 0 Å². The summed E-state index contributed by atoms with van der Waals surface area (Å²) in [5, 5.41) is 0. The summed E-state index contributed by atoms with van der Waals surface area (Å²) >= 11 is 0. The lowest BCUT2D eigenvalue weighted by atomic mass is 10.1. The van der Waals surface area contributed by atoms with Crippen molar-refractivity contribution in [3.05, 3.63) is 42.2 Å². The summed E-state index contributed by atoms with van der Waals surface area (Å²) in [7, 11) is 1.63. The van der Waals surface area contributed by atoms with Gasteiger partial charge in [0.05, 0.1) is 12.2 Å². The number of carbonyl (C=O) groups is 1. The highest BCUT2D eigenvalue weighted by molar-refractivity contribution is 5.74. The zero-order valence-electron chi connectivity index (χ0n) is 11.0. The van der Waals surface area contributed by atoms with Crippen molar-refractivity contribution < 1.29 is 18.7 Å². The molecule has 4 nitrogen and oxygen atoms in total. The van der Waals surface area contributed by atoms with Crippen LogP contribution in [0.3, 0.4) is 0 Å². The second-order valence-electron chi connectivity index (χ2n) is 4.20. The van der Waals surface area contributed by atoms with E-state index in [9.17, 15) is 4.79 Å². The molecule has 1 atom stereocenters. The summed E-state index contributed by atoms with van der Waals surface area (Å²) in [6, 6.07) is 10.9. The van der Waals surface area contributed by atoms with Gasteiger partial charge in [0.15, 0.2) is 12.0 Å². The Balaban J connectivity index is 2.27. The Morgan fingerprint density at radius 1 is 1.26 bits per heavy atom. The minimum absolute atomic E-state index is 0.0633. The lowest BCUT2D eigenvalue weighted by molar-refractivity contribution is 0.0923. The molecule has 0 aliphatic rings. The highest BCUT2D eigenvalue weighted by Gasteiger charge is 2.12. The van der Waals surface area contributed by atoms with Crippen LogP contribution in [0.4, 0.5) is 0 Å². The van der Waals surface area contributed by atoms with Crippen molar-refractivity contribution in [3.8, 4) is 17.1 Å². The normalized spacial score (nSPS) is 12.1. The molecule has 0 fully saturated rings. The molecule has 1 aromatic heterocycles. The predicted octanol–water partition coefficient (Wildman–Crippen LogP) is 3.17. The van der Waals surface area contributed by atoms with E-state index in [0.29, 0.717) is 30.2 Å². The lowest BCUT2D eigenvalue weighted by Gasteiger charge is -2.15. The molecule has 19 heavy (non-hydrogen) atoms. The maximum absolute atomic E-state index is 10.7. The van der Waals surface area contributed by atoms with Crippen molar-refractivity contribution in [3.63, 3.8) is 0 Å². The Morgan fingerprint density at radius 3 is 2.74 bits per heavy atom. The first-order chi connectivity index (χ1) is 9.24. The second-order valence-corrected chi connectivity index (χ2v) is 4.20. The minimum atomic E-state index is -0.0633. The van der Waals surface area contributed by atoms with Crippen LogP contribution in [0.5, 0.6) is 5.75 Å². The predicted molar refractivity (Wildman–Crippen MR) is 71.5 cm³/mol. The van der Waals surface area contributed by atoms with Gasteiger partial charge in [-0.15, -0.1) is 0 Å². The average Bonchev–Trinajstić information content (AvgIpc) is 2.88. The summed E-state index contributed by atoms with van der Waals surface area (Å²) in [5.74, 6) is 1.62. The maximum atomic E-state index is 10.7. The van der Waals surface area contributed by atoms with Crippen LogP contribution in [0.1, 0.15) is 17.5 Å². The summed E-state index contributed by atoms with van der Waals surface area (Å²) in [4.78, 5) is 10.7. The molecule has 2 rings (SSSR count). The Morgan fingerprint density at radius 2 is 2.05 bits per heavy atom. The van der Waals surface area contributed by atoms with Gasteiger partial charge >= 0.3 is 0 Å². The van der Waals surface area contributed by atoms with Crippen molar-refractivity contribution >= 4 is 6.29 Å². The number of ether oxygens (including phenoxy) is 2. The monoisotopic (exact) mass is 260 g/mol. The summed E-state index contributed by atoms with van der Waals surface area (Å²) in [6.45, 7) is 2.44. The highest BCUT2D eigenvalue weighted by atomic mass is 16.5. The summed E-state index contributed by atoms with van der Waals surface area (Å²) in [5.41, 5.74) is 0.818. The number of furan rings is 1. The van der Waals surface area contributed by atoms with E-state index in [1.807, 2.05) is 31.2 Å². The lowest BCUT2D eigenvalue weighted by Crippen LogP contribution is -2.18. The summed E-state index contributed by atoms with van der Waals surface area (Å²) in [6.07, 6.45) is 0.618. The number of rotatable bonds is 6. The van der Waals surface area contributed by atoms with Crippen molar-refractivity contribution in [2.24, 2.45) is 0 Å². The van der Waals surface area contributed by atoms with Gasteiger partial charge in [-0.2, -0.15) is 0 Å². The Labute approximate surface area is 111 Å². The third kappa shape index (κ3) is 3.23. The van der Waals surface area contributed by atoms with Crippen LogP contribution in [0.2, 0.25) is 0 Å². The smallest absolute Gasteiger partial charge is 0.185 e. The molecule has 0 saturated heterocycles. The molecule has 0 bridgehead atoms. The zero-order chi connectivity index (χ0) is 13.7. The zero-order valence-corrected chi connectivity index (χ0v) is 11.0. The topological polar surface area (TPSA) is 48.7 Å². The molecule has 0 amide bonds. The minimum Gasteiger partial charge on any atom is -0.488 e. The SMILES string of the molecule is COCC(C)Oc1ccccc1-c1ccc(C=O)o1. The molecule has 0 aliphatic heterocycles. The van der Waals surface area contributed by atoms with Crippen LogP contribution in [0.25, 0.3) is 11.3 Å². The summed E-state index contributed by atoms with van der Waals surface area (Å²) < 4.78 is 16.3. The first-order valence-electron chi connectivity index (χ1n) is 6.04. The molecule has 0 N–H and O–H groups in total. The number of hydrogen-bond acceptors (Lipinski definition) is 4. The van der Waals surface area contributed by atoms with E-state index in [1.54, 1.807) is 19.2 Å². The fourth-order valence-corrected chi connectivity index (χ4v) is 1.82. The number of methoxy groups -OCH3 is 1. The van der Waals surface area contributed by atoms with E-state index in [0.717, 1.165) is 5.56 Å². The molecule has 0 saturated carbocycles. The van der Waals surface area contributed by atoms with Gasteiger partial charge in [-0.05, 0) is 31.2 Å². The van der Waals surface area contributed by atoms with Gasteiger partial charge in [-0.1, -0.05) is 12.1 Å². The van der Waals surface area contributed by atoms with Crippen molar-refractivity contribution in [1.82, 2.24) is 0 Å². The third-order valence-corrected chi connectivity index (χ3v) is 2.62. The molecule has 0 aliphatic carbocycles.